The van der Waals surface area contributed by atoms with Gasteiger partial charge < -0.3 is 14.5 Å². The molecule has 2 aromatic heterocycles. The van der Waals surface area contributed by atoms with Crippen LogP contribution in [0.2, 0.25) is 0 Å². The first-order valence-corrected chi connectivity index (χ1v) is 9.75. The number of thioether (sulfide) groups is 1. The number of ether oxygens (including phenoxy) is 2. The molecule has 0 unspecified atom stereocenters. The van der Waals surface area contributed by atoms with Gasteiger partial charge in [-0.3, -0.25) is 9.36 Å². The van der Waals surface area contributed by atoms with Crippen LogP contribution in [0.15, 0.2) is 34.2 Å². The molecule has 3 aromatic rings. The molecule has 0 radical (unpaired) electrons. The molecule has 6 nitrogen and oxygen atoms in total. The first-order chi connectivity index (χ1) is 12.7. The number of aryl methyl sites for hydroxylation is 1. The van der Waals surface area contributed by atoms with Crippen molar-refractivity contribution in [2.75, 3.05) is 6.79 Å². The number of aromatic amines is 1. The number of unbranched alkanes of at least 4 members (excludes halogenated alkanes) is 1. The smallest absolute Gasteiger partial charge is 0.278 e. The highest BCUT2D eigenvalue weighted by Gasteiger charge is 2.16. The Morgan fingerprint density at radius 1 is 1.27 bits per heavy atom. The van der Waals surface area contributed by atoms with Crippen LogP contribution >= 0.6 is 11.8 Å². The van der Waals surface area contributed by atoms with Gasteiger partial charge in [0.25, 0.3) is 5.56 Å². The van der Waals surface area contributed by atoms with E-state index in [0.29, 0.717) is 17.8 Å². The van der Waals surface area contributed by atoms with Crippen molar-refractivity contribution in [3.8, 4) is 11.5 Å². The average Bonchev–Trinajstić information content (AvgIpc) is 3.24. The highest BCUT2D eigenvalue weighted by Crippen LogP contribution is 2.34. The van der Waals surface area contributed by atoms with E-state index in [9.17, 15) is 4.79 Å². The molecule has 4 rings (SSSR count). The summed E-state index contributed by atoms with van der Waals surface area (Å²) in [5.41, 5.74) is 3.38. The van der Waals surface area contributed by atoms with Gasteiger partial charge in [-0.2, -0.15) is 0 Å². The van der Waals surface area contributed by atoms with Gasteiger partial charge in [0.05, 0.1) is 5.52 Å². The lowest BCUT2D eigenvalue weighted by molar-refractivity contribution is 0.174. The van der Waals surface area contributed by atoms with Crippen LogP contribution < -0.4 is 15.0 Å². The molecule has 0 aliphatic carbocycles. The normalized spacial score (nSPS) is 12.8. The molecule has 26 heavy (non-hydrogen) atoms. The third-order valence-corrected chi connectivity index (χ3v) is 5.43. The Morgan fingerprint density at radius 3 is 2.96 bits per heavy atom. The number of aromatic nitrogens is 3. The van der Waals surface area contributed by atoms with Gasteiger partial charge in [-0.1, -0.05) is 31.2 Å². The van der Waals surface area contributed by atoms with Crippen molar-refractivity contribution in [2.24, 2.45) is 0 Å². The summed E-state index contributed by atoms with van der Waals surface area (Å²) in [6.07, 6.45) is 1.98. The summed E-state index contributed by atoms with van der Waals surface area (Å²) in [4.78, 5) is 20.7. The maximum absolute atomic E-state index is 12.9. The molecule has 1 aromatic carbocycles. The molecule has 136 valence electrons. The molecule has 0 spiro atoms. The Balaban J connectivity index is 1.64. The van der Waals surface area contributed by atoms with Gasteiger partial charge in [0, 0.05) is 18.0 Å². The minimum Gasteiger partial charge on any atom is -0.454 e. The Morgan fingerprint density at radius 2 is 2.12 bits per heavy atom. The SMILES string of the molecule is CCCCn1c(SCc2ccc3c(c2)OCO3)nc2cc(C)[nH]c2c1=O. The van der Waals surface area contributed by atoms with Gasteiger partial charge >= 0.3 is 0 Å². The molecule has 0 atom stereocenters. The van der Waals surface area contributed by atoms with E-state index < -0.39 is 0 Å². The van der Waals surface area contributed by atoms with Crippen LogP contribution in [-0.4, -0.2) is 21.3 Å². The molecule has 3 heterocycles. The lowest BCUT2D eigenvalue weighted by atomic mass is 10.2. The van der Waals surface area contributed by atoms with E-state index in [4.69, 9.17) is 14.5 Å². The maximum atomic E-state index is 12.9. The Labute approximate surface area is 155 Å². The molecule has 0 saturated heterocycles. The van der Waals surface area contributed by atoms with Crippen molar-refractivity contribution in [1.29, 1.82) is 0 Å². The number of H-pyrrole nitrogens is 1. The summed E-state index contributed by atoms with van der Waals surface area (Å²) in [5, 5.41) is 0.757. The standard InChI is InChI=1S/C19H21N3O3S/c1-3-4-7-22-18(23)17-14(8-12(2)20-17)21-19(22)26-10-13-5-6-15-16(9-13)25-11-24-15/h5-6,8-9,20H,3-4,7,10-11H2,1-2H3. The van der Waals surface area contributed by atoms with Crippen LogP contribution in [0.1, 0.15) is 31.0 Å². The van der Waals surface area contributed by atoms with Crippen molar-refractivity contribution < 1.29 is 9.47 Å². The van der Waals surface area contributed by atoms with E-state index in [-0.39, 0.29) is 12.4 Å². The molecule has 0 fully saturated rings. The topological polar surface area (TPSA) is 69.1 Å². The van der Waals surface area contributed by atoms with Crippen molar-refractivity contribution in [3.05, 3.63) is 45.9 Å². The average molecular weight is 371 g/mol. The number of benzene rings is 1. The van der Waals surface area contributed by atoms with E-state index in [1.165, 1.54) is 0 Å². The van der Waals surface area contributed by atoms with E-state index in [1.807, 2.05) is 31.2 Å². The van der Waals surface area contributed by atoms with Gasteiger partial charge in [0.2, 0.25) is 6.79 Å². The molecule has 7 heteroatoms. The quantitative estimate of drug-likeness (QED) is 0.526. The van der Waals surface area contributed by atoms with E-state index >= 15 is 0 Å². The second-order valence-electron chi connectivity index (χ2n) is 6.39. The molecule has 1 aliphatic rings. The minimum absolute atomic E-state index is 0.00439. The lowest BCUT2D eigenvalue weighted by Crippen LogP contribution is -2.23. The summed E-state index contributed by atoms with van der Waals surface area (Å²) < 4.78 is 12.6. The van der Waals surface area contributed by atoms with Crippen molar-refractivity contribution in [2.45, 2.75) is 44.1 Å². The first kappa shape index (κ1) is 17.0. The molecule has 1 aliphatic heterocycles. The van der Waals surface area contributed by atoms with E-state index in [2.05, 4.69) is 11.9 Å². The zero-order chi connectivity index (χ0) is 18.1. The van der Waals surface area contributed by atoms with Crippen molar-refractivity contribution in [1.82, 2.24) is 14.5 Å². The monoisotopic (exact) mass is 371 g/mol. The zero-order valence-electron chi connectivity index (χ0n) is 14.9. The minimum atomic E-state index is 0.00439. The largest absolute Gasteiger partial charge is 0.454 e. The molecule has 0 bridgehead atoms. The third kappa shape index (κ3) is 3.19. The predicted octanol–water partition coefficient (Wildman–Crippen LogP) is 3.85. The highest BCUT2D eigenvalue weighted by molar-refractivity contribution is 7.98. The maximum Gasteiger partial charge on any atom is 0.278 e. The number of nitrogens with one attached hydrogen (secondary N) is 1. The van der Waals surface area contributed by atoms with Gasteiger partial charge in [-0.25, -0.2) is 4.98 Å². The van der Waals surface area contributed by atoms with Crippen LogP contribution in [0.3, 0.4) is 0 Å². The van der Waals surface area contributed by atoms with Crippen LogP contribution in [0.4, 0.5) is 0 Å². The summed E-state index contributed by atoms with van der Waals surface area (Å²) in [5.74, 6) is 2.27. The Bertz CT molecular complexity index is 1010. The molecule has 0 saturated carbocycles. The van der Waals surface area contributed by atoms with Gasteiger partial charge in [0.1, 0.15) is 5.52 Å². The number of fused-ring (bicyclic) bond motifs is 2. The Hall–Kier alpha value is -2.41. The zero-order valence-corrected chi connectivity index (χ0v) is 15.7. The van der Waals surface area contributed by atoms with Gasteiger partial charge in [-0.15, -0.1) is 0 Å². The second-order valence-corrected chi connectivity index (χ2v) is 7.34. The fraction of sp³-hybridized carbons (Fsp3) is 0.368. The second kappa shape index (κ2) is 7.07. The fourth-order valence-corrected chi connectivity index (χ4v) is 3.98. The van der Waals surface area contributed by atoms with Gasteiger partial charge in [-0.05, 0) is 37.1 Å². The third-order valence-electron chi connectivity index (χ3n) is 4.38. The first-order valence-electron chi connectivity index (χ1n) is 8.77. The van der Waals surface area contributed by atoms with Crippen molar-refractivity contribution in [3.63, 3.8) is 0 Å². The molecule has 1 N–H and O–H groups in total. The lowest BCUT2D eigenvalue weighted by Gasteiger charge is -2.11. The summed E-state index contributed by atoms with van der Waals surface area (Å²) in [6, 6.07) is 7.86. The number of nitrogens with zero attached hydrogens (tertiary/aromatic N) is 2. The number of hydrogen-bond donors (Lipinski definition) is 1. The molecular weight excluding hydrogens is 350 g/mol. The van der Waals surface area contributed by atoms with E-state index in [1.54, 1.807) is 16.3 Å². The van der Waals surface area contributed by atoms with Crippen molar-refractivity contribution >= 4 is 22.8 Å². The molecular formula is C19H21N3O3S. The van der Waals surface area contributed by atoms with Crippen LogP contribution in [0, 0.1) is 6.92 Å². The predicted molar refractivity (Wildman–Crippen MR) is 102 cm³/mol. The van der Waals surface area contributed by atoms with E-state index in [0.717, 1.165) is 46.3 Å². The summed E-state index contributed by atoms with van der Waals surface area (Å²) in [6.45, 7) is 5.01. The van der Waals surface area contributed by atoms with Crippen LogP contribution in [0.5, 0.6) is 11.5 Å². The highest BCUT2D eigenvalue weighted by atomic mass is 32.2. The fourth-order valence-electron chi connectivity index (χ4n) is 3.01. The number of hydrogen-bond acceptors (Lipinski definition) is 5. The number of rotatable bonds is 6. The summed E-state index contributed by atoms with van der Waals surface area (Å²) >= 11 is 1.58. The van der Waals surface area contributed by atoms with Crippen LogP contribution in [0.25, 0.3) is 11.0 Å². The van der Waals surface area contributed by atoms with Gasteiger partial charge in [0.15, 0.2) is 16.7 Å². The van der Waals surface area contributed by atoms with Crippen LogP contribution in [-0.2, 0) is 12.3 Å². The molecule has 0 amide bonds. The summed E-state index contributed by atoms with van der Waals surface area (Å²) in [7, 11) is 0. The Kier molecular flexibility index (Phi) is 4.63.